The molecule has 1 aromatic heterocycles. The number of oxazole rings is 1. The summed E-state index contributed by atoms with van der Waals surface area (Å²) in [6.45, 7) is 1.48. The monoisotopic (exact) mass is 459 g/mol. The van der Waals surface area contributed by atoms with E-state index < -0.39 is 27.3 Å². The Hall–Kier alpha value is -3.17. The molecule has 31 heavy (non-hydrogen) atoms. The van der Waals surface area contributed by atoms with Crippen molar-refractivity contribution in [3.8, 4) is 11.5 Å². The molecule has 1 aliphatic rings. The molecule has 8 nitrogen and oxygen atoms in total. The van der Waals surface area contributed by atoms with E-state index in [1.165, 1.54) is 30.5 Å². The largest absolute Gasteiger partial charge is 0.444 e. The number of hydrogen-bond donors (Lipinski definition) is 1. The molecule has 3 amide bonds. The number of nitrogens with zero attached hydrogens (tertiary/aromatic N) is 2. The van der Waals surface area contributed by atoms with E-state index in [4.69, 9.17) is 16.0 Å². The molecular weight excluding hydrogens is 442 g/mol. The van der Waals surface area contributed by atoms with Crippen LogP contribution in [0.25, 0.3) is 11.5 Å². The molecule has 1 aliphatic heterocycles. The molecule has 160 valence electrons. The van der Waals surface area contributed by atoms with Gasteiger partial charge in [0.2, 0.25) is 5.89 Å². The highest BCUT2D eigenvalue weighted by Gasteiger charge is 2.49. The van der Waals surface area contributed by atoms with Crippen molar-refractivity contribution in [2.75, 3.05) is 6.26 Å². The summed E-state index contributed by atoms with van der Waals surface area (Å²) in [4.78, 5) is 31.2. The van der Waals surface area contributed by atoms with Crippen LogP contribution < -0.4 is 5.32 Å². The van der Waals surface area contributed by atoms with Crippen LogP contribution in [-0.4, -0.2) is 36.5 Å². The lowest BCUT2D eigenvalue weighted by Gasteiger charge is -2.22. The van der Waals surface area contributed by atoms with Gasteiger partial charge in [-0.1, -0.05) is 35.9 Å². The van der Waals surface area contributed by atoms with Crippen LogP contribution >= 0.6 is 11.6 Å². The van der Waals surface area contributed by atoms with Gasteiger partial charge in [-0.2, -0.15) is 0 Å². The van der Waals surface area contributed by atoms with Crippen molar-refractivity contribution < 1.29 is 22.4 Å². The van der Waals surface area contributed by atoms with Gasteiger partial charge in [-0.05, 0) is 36.8 Å². The summed E-state index contributed by atoms with van der Waals surface area (Å²) >= 11 is 6.16. The second kappa shape index (κ2) is 7.51. The third-order valence-corrected chi connectivity index (χ3v) is 6.57. The lowest BCUT2D eigenvalue weighted by molar-refractivity contribution is -0.131. The molecule has 3 aromatic rings. The van der Waals surface area contributed by atoms with Crippen LogP contribution in [0.5, 0.6) is 0 Å². The van der Waals surface area contributed by atoms with Crippen molar-refractivity contribution in [1.82, 2.24) is 15.2 Å². The third kappa shape index (κ3) is 3.82. The first-order chi connectivity index (χ1) is 14.6. The molecule has 1 fully saturated rings. The molecule has 10 heteroatoms. The molecule has 0 aliphatic carbocycles. The van der Waals surface area contributed by atoms with Crippen LogP contribution in [-0.2, 0) is 26.7 Å². The van der Waals surface area contributed by atoms with Gasteiger partial charge in [-0.3, -0.25) is 9.69 Å². The number of rotatable bonds is 5. The molecule has 0 spiro atoms. The van der Waals surface area contributed by atoms with Crippen molar-refractivity contribution >= 4 is 33.4 Å². The summed E-state index contributed by atoms with van der Waals surface area (Å²) < 4.78 is 28.8. The number of imide groups is 1. The normalized spacial score (nSPS) is 19.0. The average molecular weight is 460 g/mol. The number of amides is 3. The first-order valence-corrected chi connectivity index (χ1v) is 11.5. The maximum atomic E-state index is 13.1. The number of halogens is 1. The van der Waals surface area contributed by atoms with Gasteiger partial charge in [-0.15, -0.1) is 0 Å². The summed E-state index contributed by atoms with van der Waals surface area (Å²) in [6.07, 6.45) is 2.47. The van der Waals surface area contributed by atoms with Gasteiger partial charge in [0.15, 0.2) is 9.84 Å². The van der Waals surface area contributed by atoms with E-state index in [0.717, 1.165) is 11.2 Å². The minimum atomic E-state index is -3.37. The van der Waals surface area contributed by atoms with E-state index in [0.29, 0.717) is 21.8 Å². The van der Waals surface area contributed by atoms with Gasteiger partial charge in [-0.25, -0.2) is 18.2 Å². The fourth-order valence-electron chi connectivity index (χ4n) is 3.37. The molecular formula is C21H18ClN3O5S. The molecule has 2 aromatic carbocycles. The topological polar surface area (TPSA) is 110 Å². The fraction of sp³-hybridized carbons (Fsp3) is 0.190. The quantitative estimate of drug-likeness (QED) is 0.586. The number of sulfone groups is 1. The number of nitrogens with one attached hydrogen (secondary N) is 1. The van der Waals surface area contributed by atoms with E-state index >= 15 is 0 Å². The van der Waals surface area contributed by atoms with E-state index in [9.17, 15) is 18.0 Å². The molecule has 2 heterocycles. The Morgan fingerprint density at radius 2 is 1.81 bits per heavy atom. The molecule has 0 saturated carbocycles. The summed E-state index contributed by atoms with van der Waals surface area (Å²) in [5.41, 5.74) is 0.124. The maximum Gasteiger partial charge on any atom is 0.325 e. The van der Waals surface area contributed by atoms with Crippen molar-refractivity contribution in [2.45, 2.75) is 23.9 Å². The van der Waals surface area contributed by atoms with Crippen molar-refractivity contribution in [3.05, 3.63) is 71.1 Å². The Morgan fingerprint density at radius 1 is 1.13 bits per heavy atom. The van der Waals surface area contributed by atoms with Crippen LogP contribution in [0.1, 0.15) is 18.2 Å². The lowest BCUT2D eigenvalue weighted by Crippen LogP contribution is -2.40. The zero-order valence-corrected chi connectivity index (χ0v) is 18.2. The van der Waals surface area contributed by atoms with Crippen LogP contribution in [0, 0.1) is 0 Å². The van der Waals surface area contributed by atoms with Gasteiger partial charge in [0.05, 0.1) is 27.7 Å². The second-order valence-corrected chi connectivity index (χ2v) is 9.79. The first-order valence-electron chi connectivity index (χ1n) is 9.23. The maximum absolute atomic E-state index is 13.1. The number of urea groups is 1. The molecule has 1 atom stereocenters. The van der Waals surface area contributed by atoms with Crippen molar-refractivity contribution in [3.63, 3.8) is 0 Å². The van der Waals surface area contributed by atoms with Crippen LogP contribution in [0.15, 0.2) is 64.1 Å². The standard InChI is InChI=1S/C21H18ClN3O5S/c1-21(13-7-9-15(10-8-13)31(2,28)29)19(26)25(20(27)24-21)11-14-12-30-18(23-14)16-5-3-4-6-17(16)22/h3-10,12H,11H2,1-2H3,(H,24,27). The Kier molecular flexibility index (Phi) is 5.10. The highest BCUT2D eigenvalue weighted by Crippen LogP contribution is 2.31. The highest BCUT2D eigenvalue weighted by atomic mass is 35.5. The predicted molar refractivity (Wildman–Crippen MR) is 113 cm³/mol. The van der Waals surface area contributed by atoms with E-state index in [1.807, 2.05) is 0 Å². The third-order valence-electron chi connectivity index (χ3n) is 5.11. The minimum absolute atomic E-state index is 0.0877. The van der Waals surface area contributed by atoms with Crippen LogP contribution in [0.2, 0.25) is 5.02 Å². The first kappa shape index (κ1) is 21.1. The van der Waals surface area contributed by atoms with E-state index in [-0.39, 0.29) is 17.3 Å². The second-order valence-electron chi connectivity index (χ2n) is 7.37. The van der Waals surface area contributed by atoms with E-state index in [1.54, 1.807) is 31.2 Å². The summed E-state index contributed by atoms with van der Waals surface area (Å²) in [6, 6.07) is 12.3. The van der Waals surface area contributed by atoms with Crippen molar-refractivity contribution in [1.29, 1.82) is 0 Å². The zero-order chi connectivity index (χ0) is 22.4. The van der Waals surface area contributed by atoms with Crippen LogP contribution in [0.4, 0.5) is 4.79 Å². The smallest absolute Gasteiger partial charge is 0.325 e. The average Bonchev–Trinajstić information content (AvgIpc) is 3.27. The molecule has 0 radical (unpaired) electrons. The Bertz CT molecular complexity index is 1290. The van der Waals surface area contributed by atoms with Gasteiger partial charge < -0.3 is 9.73 Å². The van der Waals surface area contributed by atoms with Crippen molar-refractivity contribution in [2.24, 2.45) is 0 Å². The molecule has 4 rings (SSSR count). The summed E-state index contributed by atoms with van der Waals surface area (Å²) in [5, 5.41) is 3.15. The number of carbonyl (C=O) groups excluding carboxylic acids is 2. The van der Waals surface area contributed by atoms with Gasteiger partial charge in [0.25, 0.3) is 5.91 Å². The lowest BCUT2D eigenvalue weighted by atomic mass is 9.92. The number of benzene rings is 2. The molecule has 1 saturated heterocycles. The molecule has 0 bridgehead atoms. The number of aromatic nitrogens is 1. The van der Waals surface area contributed by atoms with Crippen LogP contribution in [0.3, 0.4) is 0 Å². The predicted octanol–water partition coefficient (Wildman–Crippen LogP) is 3.37. The number of carbonyl (C=O) groups is 2. The van der Waals surface area contributed by atoms with E-state index in [2.05, 4.69) is 10.3 Å². The fourth-order valence-corrected chi connectivity index (χ4v) is 4.22. The SMILES string of the molecule is CC1(c2ccc(S(C)(=O)=O)cc2)NC(=O)N(Cc2coc(-c3ccccc3Cl)n2)C1=O. The summed E-state index contributed by atoms with van der Waals surface area (Å²) in [5.74, 6) is -0.196. The van der Waals surface area contributed by atoms with Gasteiger partial charge in [0, 0.05) is 6.26 Å². The van der Waals surface area contributed by atoms with Gasteiger partial charge in [0.1, 0.15) is 11.8 Å². The highest BCUT2D eigenvalue weighted by molar-refractivity contribution is 7.90. The number of hydrogen-bond acceptors (Lipinski definition) is 6. The Balaban J connectivity index is 1.57. The van der Waals surface area contributed by atoms with Gasteiger partial charge >= 0.3 is 6.03 Å². The molecule has 1 unspecified atom stereocenters. The Labute approximate surface area is 183 Å². The zero-order valence-electron chi connectivity index (χ0n) is 16.6. The summed E-state index contributed by atoms with van der Waals surface area (Å²) in [7, 11) is -3.37. The minimum Gasteiger partial charge on any atom is -0.444 e. The Morgan fingerprint density at radius 3 is 2.45 bits per heavy atom. The molecule has 1 N–H and O–H groups in total.